The number of hydrazine groups is 1. The summed E-state index contributed by atoms with van der Waals surface area (Å²) < 4.78 is 23.8. The van der Waals surface area contributed by atoms with Gasteiger partial charge in [-0.25, -0.2) is 8.78 Å². The smallest absolute Gasteiger partial charge is 0.240 e. The third kappa shape index (κ3) is 5.09. The van der Waals surface area contributed by atoms with Crippen molar-refractivity contribution in [2.45, 2.75) is 32.7 Å². The summed E-state index contributed by atoms with van der Waals surface area (Å²) in [6.45, 7) is 3.83. The Hall–Kier alpha value is -0.220. The summed E-state index contributed by atoms with van der Waals surface area (Å²) in [5.74, 6) is 0.219. The Kier molecular flexibility index (Phi) is 5.32. The SMILES string of the molecule is CNN[C@H](CC(F)F)C(C)C. The van der Waals surface area contributed by atoms with Crippen LogP contribution in [-0.4, -0.2) is 19.5 Å². The molecule has 0 aromatic heterocycles. The molecule has 0 aliphatic rings. The van der Waals surface area contributed by atoms with Gasteiger partial charge < -0.3 is 0 Å². The van der Waals surface area contributed by atoms with E-state index < -0.39 is 6.43 Å². The summed E-state index contributed by atoms with van der Waals surface area (Å²) in [5, 5.41) is 0. The number of halogens is 2. The maximum atomic E-state index is 11.9. The first-order valence-electron chi connectivity index (χ1n) is 3.78. The molecule has 68 valence electrons. The van der Waals surface area contributed by atoms with Gasteiger partial charge in [0.25, 0.3) is 0 Å². The number of hydrogen-bond acceptors (Lipinski definition) is 2. The predicted octanol–water partition coefficient (Wildman–Crippen LogP) is 1.39. The van der Waals surface area contributed by atoms with Gasteiger partial charge in [0.05, 0.1) is 0 Å². The van der Waals surface area contributed by atoms with E-state index >= 15 is 0 Å². The van der Waals surface area contributed by atoms with Crippen LogP contribution < -0.4 is 10.9 Å². The molecule has 0 spiro atoms. The van der Waals surface area contributed by atoms with Crippen LogP contribution in [0.15, 0.2) is 0 Å². The van der Waals surface area contributed by atoms with Crippen molar-refractivity contribution in [3.63, 3.8) is 0 Å². The van der Waals surface area contributed by atoms with E-state index in [0.29, 0.717) is 0 Å². The lowest BCUT2D eigenvalue weighted by Crippen LogP contribution is -2.42. The number of alkyl halides is 2. The quantitative estimate of drug-likeness (QED) is 0.603. The van der Waals surface area contributed by atoms with Gasteiger partial charge in [0, 0.05) is 12.5 Å². The second-order valence-electron chi connectivity index (χ2n) is 2.87. The molecule has 11 heavy (non-hydrogen) atoms. The van der Waals surface area contributed by atoms with E-state index in [4.69, 9.17) is 0 Å². The molecule has 0 aliphatic carbocycles. The van der Waals surface area contributed by atoms with Gasteiger partial charge in [0.15, 0.2) is 0 Å². The lowest BCUT2D eigenvalue weighted by molar-refractivity contribution is 0.110. The zero-order valence-electron chi connectivity index (χ0n) is 7.20. The fourth-order valence-electron chi connectivity index (χ4n) is 0.875. The van der Waals surface area contributed by atoms with E-state index in [1.807, 2.05) is 13.8 Å². The molecule has 0 aromatic rings. The van der Waals surface area contributed by atoms with E-state index in [1.54, 1.807) is 7.05 Å². The Morgan fingerprint density at radius 3 is 2.09 bits per heavy atom. The molecule has 0 amide bonds. The first-order chi connectivity index (χ1) is 5.07. The van der Waals surface area contributed by atoms with Crippen LogP contribution in [0.1, 0.15) is 20.3 Å². The first-order valence-corrected chi connectivity index (χ1v) is 3.78. The van der Waals surface area contributed by atoms with Crippen LogP contribution in [0.4, 0.5) is 8.78 Å². The average molecular weight is 166 g/mol. The maximum Gasteiger partial charge on any atom is 0.240 e. The monoisotopic (exact) mass is 166 g/mol. The number of hydrogen-bond donors (Lipinski definition) is 2. The molecule has 0 aromatic carbocycles. The first kappa shape index (κ1) is 10.8. The van der Waals surface area contributed by atoms with E-state index in [2.05, 4.69) is 10.9 Å². The minimum absolute atomic E-state index is 0.0987. The van der Waals surface area contributed by atoms with E-state index in [1.165, 1.54) is 0 Å². The number of rotatable bonds is 5. The standard InChI is InChI=1S/C7H16F2N2/c1-5(2)6(11-10-3)4-7(8)9/h5-7,10-11H,4H2,1-3H3/t6-/m1/s1. The summed E-state index contributed by atoms with van der Waals surface area (Å²) >= 11 is 0. The Morgan fingerprint density at radius 2 is 1.82 bits per heavy atom. The van der Waals surface area contributed by atoms with Gasteiger partial charge in [0.2, 0.25) is 6.43 Å². The molecule has 0 saturated heterocycles. The largest absolute Gasteiger partial charge is 0.261 e. The summed E-state index contributed by atoms with van der Waals surface area (Å²) in [7, 11) is 1.68. The van der Waals surface area contributed by atoms with E-state index in [-0.39, 0.29) is 18.4 Å². The second-order valence-corrected chi connectivity index (χ2v) is 2.87. The summed E-state index contributed by atoms with van der Waals surface area (Å²) in [4.78, 5) is 0. The molecule has 0 radical (unpaired) electrons. The predicted molar refractivity (Wildman–Crippen MR) is 41.4 cm³/mol. The highest BCUT2D eigenvalue weighted by atomic mass is 19.3. The van der Waals surface area contributed by atoms with Gasteiger partial charge in [0.1, 0.15) is 0 Å². The average Bonchev–Trinajstić information content (AvgIpc) is 1.86. The fraction of sp³-hybridized carbons (Fsp3) is 1.00. The Labute approximate surface area is 66.3 Å². The van der Waals surface area contributed by atoms with Gasteiger partial charge in [-0.2, -0.15) is 0 Å². The minimum Gasteiger partial charge on any atom is -0.261 e. The summed E-state index contributed by atoms with van der Waals surface area (Å²) in [6.07, 6.45) is -2.33. The summed E-state index contributed by atoms with van der Waals surface area (Å²) in [5.41, 5.74) is 5.45. The van der Waals surface area contributed by atoms with Crippen molar-refractivity contribution in [2.24, 2.45) is 5.92 Å². The molecule has 2 N–H and O–H groups in total. The molecule has 0 heterocycles. The van der Waals surface area contributed by atoms with Crippen LogP contribution in [-0.2, 0) is 0 Å². The van der Waals surface area contributed by atoms with E-state index in [9.17, 15) is 8.78 Å². The Balaban J connectivity index is 3.69. The van der Waals surface area contributed by atoms with Crippen LogP contribution >= 0.6 is 0 Å². The van der Waals surface area contributed by atoms with Gasteiger partial charge >= 0.3 is 0 Å². The highest BCUT2D eigenvalue weighted by Crippen LogP contribution is 2.10. The van der Waals surface area contributed by atoms with Crippen LogP contribution in [0, 0.1) is 5.92 Å². The highest BCUT2D eigenvalue weighted by molar-refractivity contribution is 4.68. The molecule has 0 rings (SSSR count). The van der Waals surface area contributed by atoms with Crippen molar-refractivity contribution in [1.29, 1.82) is 0 Å². The van der Waals surface area contributed by atoms with Gasteiger partial charge in [-0.05, 0) is 13.0 Å². The second kappa shape index (κ2) is 5.43. The lowest BCUT2D eigenvalue weighted by Gasteiger charge is -2.20. The van der Waals surface area contributed by atoms with Crippen LogP contribution in [0.3, 0.4) is 0 Å². The van der Waals surface area contributed by atoms with Crippen LogP contribution in [0.5, 0.6) is 0 Å². The molecule has 0 aliphatic heterocycles. The van der Waals surface area contributed by atoms with Crippen LogP contribution in [0.25, 0.3) is 0 Å². The third-order valence-corrected chi connectivity index (χ3v) is 1.57. The van der Waals surface area contributed by atoms with Crippen molar-refractivity contribution in [3.05, 3.63) is 0 Å². The van der Waals surface area contributed by atoms with Gasteiger partial charge in [-0.3, -0.25) is 10.9 Å². The van der Waals surface area contributed by atoms with E-state index in [0.717, 1.165) is 0 Å². The van der Waals surface area contributed by atoms with Crippen molar-refractivity contribution in [3.8, 4) is 0 Å². The van der Waals surface area contributed by atoms with Crippen molar-refractivity contribution < 1.29 is 8.78 Å². The third-order valence-electron chi connectivity index (χ3n) is 1.57. The Bertz CT molecular complexity index is 96.4. The summed E-state index contributed by atoms with van der Waals surface area (Å²) in [6, 6.07) is -0.153. The zero-order chi connectivity index (χ0) is 8.85. The zero-order valence-corrected chi connectivity index (χ0v) is 7.20. The molecule has 2 nitrogen and oxygen atoms in total. The van der Waals surface area contributed by atoms with Gasteiger partial charge in [-0.15, -0.1) is 0 Å². The molecule has 0 bridgehead atoms. The molecule has 0 unspecified atom stereocenters. The lowest BCUT2D eigenvalue weighted by atomic mass is 10.0. The molecule has 1 atom stereocenters. The van der Waals surface area contributed by atoms with Crippen molar-refractivity contribution in [2.75, 3.05) is 7.05 Å². The minimum atomic E-state index is -2.23. The van der Waals surface area contributed by atoms with Gasteiger partial charge in [-0.1, -0.05) is 13.8 Å². The Morgan fingerprint density at radius 1 is 1.27 bits per heavy atom. The fourth-order valence-corrected chi connectivity index (χ4v) is 0.875. The maximum absolute atomic E-state index is 11.9. The van der Waals surface area contributed by atoms with Crippen molar-refractivity contribution in [1.82, 2.24) is 10.9 Å². The number of nitrogens with one attached hydrogen (secondary N) is 2. The highest BCUT2D eigenvalue weighted by Gasteiger charge is 2.17. The molecular weight excluding hydrogens is 150 g/mol. The molecule has 0 saturated carbocycles. The molecule has 4 heteroatoms. The normalized spacial score (nSPS) is 14.5. The topological polar surface area (TPSA) is 24.1 Å². The molecule has 0 fully saturated rings. The van der Waals surface area contributed by atoms with Crippen molar-refractivity contribution >= 4 is 0 Å². The van der Waals surface area contributed by atoms with Crippen LogP contribution in [0.2, 0.25) is 0 Å². The molecular formula is C7H16F2N2.